The molecule has 0 heterocycles. The van der Waals surface area contributed by atoms with Crippen LogP contribution < -0.4 is 10.2 Å². The van der Waals surface area contributed by atoms with Gasteiger partial charge >= 0.3 is 11.9 Å². The quantitative estimate of drug-likeness (QED) is 0.0350. The van der Waals surface area contributed by atoms with E-state index in [2.05, 4.69) is 92.6 Å². The summed E-state index contributed by atoms with van der Waals surface area (Å²) in [5.74, 6) is -4.41. The van der Waals surface area contributed by atoms with Crippen LogP contribution in [0.15, 0.2) is 47.4 Å². The molecule has 2 aromatic carbocycles. The molecule has 0 bridgehead atoms. The fourth-order valence-corrected chi connectivity index (χ4v) is 26.3. The van der Waals surface area contributed by atoms with E-state index in [0.29, 0.717) is 0 Å². The zero-order chi connectivity index (χ0) is 62.0. The summed E-state index contributed by atoms with van der Waals surface area (Å²) in [6.45, 7) is 28.3. The molecule has 0 amide bonds. The molecule has 0 saturated carbocycles. The summed E-state index contributed by atoms with van der Waals surface area (Å²) in [4.78, 5) is 42.3. The third-order valence-corrected chi connectivity index (χ3v) is 31.2. The highest BCUT2D eigenvalue weighted by Crippen LogP contribution is 2.63. The summed E-state index contributed by atoms with van der Waals surface area (Å²) in [6, 6.07) is 7.36. The van der Waals surface area contributed by atoms with Crippen molar-refractivity contribution in [3.8, 4) is 0 Å². The van der Waals surface area contributed by atoms with Crippen molar-refractivity contribution in [2.24, 2.45) is 0 Å². The summed E-state index contributed by atoms with van der Waals surface area (Å²) in [6.07, 6.45) is 53.8. The van der Waals surface area contributed by atoms with Crippen LogP contribution in [0.25, 0.3) is 0 Å². The van der Waals surface area contributed by atoms with Crippen LogP contribution in [0.3, 0.4) is 0 Å². The Kier molecular flexibility index (Phi) is 53.0. The third-order valence-electron chi connectivity index (χ3n) is 15.2. The standard InChI is InChI=1S/3C16H36P.C10H10O7S.C8H6O4/c3*1-5-9-13-17(14-10-6-2,15-11-7-3)16-12-8-4;1-16-9(11)6-3-7(10(12)17-2)5-8(4-6)18(13,14)15;9-7(10)5-1-2-6(4-3-5)8(11)12/h3*5-16H2,1-4H3;3-5H,1-2H3,(H,13,14,15);1-4H,(H,9,10)(H,11,12)/q3*+1;;/p-3. The summed E-state index contributed by atoms with van der Waals surface area (Å²) >= 11 is 0. The zero-order valence-corrected chi connectivity index (χ0v) is 57.7. The molecule has 0 aliphatic heterocycles. The van der Waals surface area contributed by atoms with E-state index in [1.165, 1.54) is 154 Å². The second kappa shape index (κ2) is 51.9. The van der Waals surface area contributed by atoms with Gasteiger partial charge in [0.1, 0.15) is 10.1 Å². The van der Waals surface area contributed by atoms with Crippen LogP contribution in [0.5, 0.6) is 0 Å². The van der Waals surface area contributed by atoms with Crippen molar-refractivity contribution < 1.29 is 51.8 Å². The Morgan fingerprint density at radius 3 is 0.642 bits per heavy atom. The van der Waals surface area contributed by atoms with E-state index in [1.807, 2.05) is 0 Å². The number of esters is 2. The van der Waals surface area contributed by atoms with Crippen molar-refractivity contribution in [2.45, 2.75) is 242 Å². The summed E-state index contributed by atoms with van der Waals surface area (Å²) < 4.78 is 41.5. The second-order valence-electron chi connectivity index (χ2n) is 22.3. The average Bonchev–Trinajstić information content (AvgIpc) is 3.47. The Bertz CT molecular complexity index is 1730. The SMILES string of the molecule is CCCC[P+](CCCC)(CCCC)CCCC.CCCC[P+](CCCC)(CCCC)CCCC.CCCC[P+](CCCC)(CCCC)CCCC.COC(=O)c1cc(C(=O)OC)cc(S(=O)(=O)[O-])c1.O=C([O-])c1ccc(C(=O)[O-])cc1. The Labute approximate surface area is 500 Å². The van der Waals surface area contributed by atoms with E-state index < -0.39 is 60.7 Å². The molecular weight excluding hydrogens is 1090 g/mol. The predicted octanol–water partition coefficient (Wildman–Crippen LogP) is 17.2. The lowest BCUT2D eigenvalue weighted by molar-refractivity contribution is -0.256. The highest BCUT2D eigenvalue weighted by molar-refractivity contribution is 7.85. The number of hydrogen-bond donors (Lipinski definition) is 0. The molecule has 15 heteroatoms. The number of carbonyl (C=O) groups excluding carboxylic acids is 4. The van der Waals surface area contributed by atoms with Gasteiger partial charge in [0.15, 0.2) is 0 Å². The van der Waals surface area contributed by atoms with E-state index in [-0.39, 0.29) is 22.3 Å². The highest BCUT2D eigenvalue weighted by atomic mass is 32.2. The second-order valence-corrected chi connectivity index (χ2v) is 37.1. The smallest absolute Gasteiger partial charge is 0.337 e. The van der Waals surface area contributed by atoms with Gasteiger partial charge < -0.3 is 33.8 Å². The van der Waals surface area contributed by atoms with Crippen LogP contribution in [0, 0.1) is 0 Å². The Hall–Kier alpha value is -2.48. The first-order chi connectivity index (χ1) is 38.6. The molecule has 0 spiro atoms. The van der Waals surface area contributed by atoms with Crippen molar-refractivity contribution in [3.63, 3.8) is 0 Å². The van der Waals surface area contributed by atoms with Gasteiger partial charge in [0.2, 0.25) is 0 Å². The molecule has 0 unspecified atom stereocenters. The maximum atomic E-state index is 11.3. The Balaban J connectivity index is -0.000000944. The number of methoxy groups -OCH3 is 2. The van der Waals surface area contributed by atoms with Gasteiger partial charge in [-0.2, -0.15) is 0 Å². The average molecular weight is 1220 g/mol. The molecule has 472 valence electrons. The minimum absolute atomic E-state index is 0.0556. The molecule has 0 radical (unpaired) electrons. The number of unbranched alkanes of at least 4 members (excludes halogenated alkanes) is 12. The summed E-state index contributed by atoms with van der Waals surface area (Å²) in [5, 5.41) is 20.4. The Morgan fingerprint density at radius 1 is 0.346 bits per heavy atom. The topological polar surface area (TPSA) is 190 Å². The lowest BCUT2D eigenvalue weighted by atomic mass is 10.1. The minimum atomic E-state index is -4.80. The molecule has 0 aromatic heterocycles. The number of aromatic carboxylic acids is 2. The number of benzene rings is 2. The monoisotopic (exact) mass is 1210 g/mol. The van der Waals surface area contributed by atoms with Crippen LogP contribution in [0.2, 0.25) is 0 Å². The predicted molar refractivity (Wildman–Crippen MR) is 350 cm³/mol. The van der Waals surface area contributed by atoms with E-state index in [0.717, 1.165) is 56.7 Å². The lowest BCUT2D eigenvalue weighted by Crippen LogP contribution is -2.24. The molecule has 0 aliphatic carbocycles. The molecule has 0 atom stereocenters. The number of hydrogen-bond acceptors (Lipinski definition) is 11. The molecule has 11 nitrogen and oxygen atoms in total. The molecule has 81 heavy (non-hydrogen) atoms. The third kappa shape index (κ3) is 39.7. The number of ether oxygens (including phenoxy) is 2. The van der Waals surface area contributed by atoms with Gasteiger partial charge in [-0.15, -0.1) is 0 Å². The van der Waals surface area contributed by atoms with Crippen molar-refractivity contribution in [2.75, 3.05) is 88.2 Å². The highest BCUT2D eigenvalue weighted by Gasteiger charge is 2.36. The zero-order valence-electron chi connectivity index (χ0n) is 54.2. The summed E-state index contributed by atoms with van der Waals surface area (Å²) in [7, 11) is -4.32. The molecule has 0 aliphatic rings. The lowest BCUT2D eigenvalue weighted by Gasteiger charge is -2.28. The number of carboxylic acids is 2. The van der Waals surface area contributed by atoms with Gasteiger partial charge in [-0.3, -0.25) is 0 Å². The van der Waals surface area contributed by atoms with Crippen molar-refractivity contribution in [3.05, 3.63) is 64.7 Å². The van der Waals surface area contributed by atoms with Gasteiger partial charge in [-0.1, -0.05) is 184 Å². The molecule has 0 saturated heterocycles. The fraction of sp³-hybridized carbons (Fsp3) is 0.758. The number of rotatable bonds is 41. The van der Waals surface area contributed by atoms with Crippen LogP contribution >= 0.6 is 21.8 Å². The van der Waals surface area contributed by atoms with E-state index >= 15 is 0 Å². The first-order valence-corrected chi connectivity index (χ1v) is 41.0. The van der Waals surface area contributed by atoms with Gasteiger partial charge in [0.25, 0.3) is 0 Å². The van der Waals surface area contributed by atoms with Crippen molar-refractivity contribution in [1.29, 1.82) is 0 Å². The first-order valence-electron chi connectivity index (χ1n) is 32.0. The van der Waals surface area contributed by atoms with E-state index in [9.17, 15) is 42.4 Å². The van der Waals surface area contributed by atoms with Gasteiger partial charge in [0, 0.05) is 21.8 Å². The van der Waals surface area contributed by atoms with Crippen molar-refractivity contribution in [1.82, 2.24) is 0 Å². The normalized spacial score (nSPS) is 11.3. The molecule has 2 aromatic rings. The fourth-order valence-electron chi connectivity index (χ4n) is 9.89. The van der Waals surface area contributed by atoms with Crippen LogP contribution in [0.1, 0.15) is 279 Å². The molecule has 0 fully saturated rings. The van der Waals surface area contributed by atoms with E-state index in [4.69, 9.17) is 0 Å². The van der Waals surface area contributed by atoms with Crippen LogP contribution in [-0.2, 0) is 19.6 Å². The number of carboxylic acid groups (broad SMARTS) is 2. The number of carbonyl (C=O) groups is 4. The largest absolute Gasteiger partial charge is 0.744 e. The van der Waals surface area contributed by atoms with Gasteiger partial charge in [-0.25, -0.2) is 18.0 Å². The van der Waals surface area contributed by atoms with Gasteiger partial charge in [0.05, 0.1) is 116 Å². The minimum Gasteiger partial charge on any atom is -0.744 e. The summed E-state index contributed by atoms with van der Waals surface area (Å²) in [5.41, 5.74) is -0.565. The van der Waals surface area contributed by atoms with Gasteiger partial charge in [-0.05, 0) is 106 Å². The molecule has 0 N–H and O–H groups in total. The van der Waals surface area contributed by atoms with Crippen LogP contribution in [-0.4, -0.2) is 125 Å². The van der Waals surface area contributed by atoms with Crippen LogP contribution in [0.4, 0.5) is 0 Å². The molecule has 2 rings (SSSR count). The maximum Gasteiger partial charge on any atom is 0.337 e. The van der Waals surface area contributed by atoms with Crippen molar-refractivity contribution >= 4 is 55.8 Å². The maximum absolute atomic E-state index is 11.3. The Morgan fingerprint density at radius 2 is 0.519 bits per heavy atom. The van der Waals surface area contributed by atoms with E-state index in [1.54, 1.807) is 73.9 Å². The first kappa shape index (κ1) is 82.7. The molecular formula is C66H121O11P3S.